The molecule has 0 radical (unpaired) electrons. The van der Waals surface area contributed by atoms with Crippen molar-refractivity contribution in [3.8, 4) is 5.95 Å². The highest BCUT2D eigenvalue weighted by atomic mass is 19.1. The van der Waals surface area contributed by atoms with E-state index in [-0.39, 0.29) is 12.4 Å². The largest absolute Gasteiger partial charge is 0.366 e. The van der Waals surface area contributed by atoms with E-state index in [2.05, 4.69) is 10.3 Å². The fraction of sp³-hybridized carbons (Fsp3) is 0.174. The molecule has 0 aliphatic heterocycles. The van der Waals surface area contributed by atoms with Crippen LogP contribution in [0.25, 0.3) is 16.9 Å². The first-order chi connectivity index (χ1) is 15.0. The molecule has 0 atom stereocenters. The second-order valence-electron chi connectivity index (χ2n) is 7.16. The maximum absolute atomic E-state index is 13.5. The average Bonchev–Trinajstić information content (AvgIpc) is 3.16. The molecule has 0 saturated heterocycles. The number of aromatic nitrogens is 3. The van der Waals surface area contributed by atoms with Crippen LogP contribution in [-0.2, 0) is 19.5 Å². The minimum atomic E-state index is -0.508. The van der Waals surface area contributed by atoms with Crippen LogP contribution in [-0.4, -0.2) is 20.4 Å². The molecule has 8 heteroatoms. The number of primary amides is 1. The van der Waals surface area contributed by atoms with Crippen molar-refractivity contribution in [2.75, 3.05) is 5.32 Å². The van der Waals surface area contributed by atoms with Crippen molar-refractivity contribution in [3.05, 3.63) is 82.9 Å². The Labute approximate surface area is 178 Å². The summed E-state index contributed by atoms with van der Waals surface area (Å²) in [5, 5.41) is 3.99. The number of halogens is 1. The number of aryl methyl sites for hydroxylation is 1. The molecule has 5 N–H and O–H groups in total. The van der Waals surface area contributed by atoms with Gasteiger partial charge in [0.05, 0.1) is 5.52 Å². The smallest absolute Gasteiger partial charge is 0.249 e. The lowest BCUT2D eigenvalue weighted by Gasteiger charge is -2.14. The van der Waals surface area contributed by atoms with Crippen molar-refractivity contribution >= 4 is 22.6 Å². The molecule has 0 saturated carbocycles. The van der Waals surface area contributed by atoms with Gasteiger partial charge in [-0.3, -0.25) is 9.36 Å². The SMILES string of the molecule is CCc1cnc(-n2c(CN)cc3c(C(N)=O)cccc32)nc1NCc1cccc(F)c1. The molecule has 0 spiro atoms. The lowest BCUT2D eigenvalue weighted by molar-refractivity contribution is 0.100. The first-order valence-electron chi connectivity index (χ1n) is 9.99. The summed E-state index contributed by atoms with van der Waals surface area (Å²) in [5.41, 5.74) is 15.2. The Kier molecular flexibility index (Phi) is 5.64. The Bertz CT molecular complexity index is 1270. The molecule has 2 aromatic carbocycles. The summed E-state index contributed by atoms with van der Waals surface area (Å²) in [6, 6.07) is 13.6. The predicted molar refractivity (Wildman–Crippen MR) is 118 cm³/mol. The molecular weight excluding hydrogens is 395 g/mol. The molecular formula is C23H23FN6O. The summed E-state index contributed by atoms with van der Waals surface area (Å²) >= 11 is 0. The molecule has 0 fully saturated rings. The van der Waals surface area contributed by atoms with Gasteiger partial charge in [0.2, 0.25) is 11.9 Å². The zero-order chi connectivity index (χ0) is 22.0. The molecule has 0 bridgehead atoms. The van der Waals surface area contributed by atoms with Crippen LogP contribution in [0.5, 0.6) is 0 Å². The highest BCUT2D eigenvalue weighted by Gasteiger charge is 2.17. The Morgan fingerprint density at radius 3 is 2.71 bits per heavy atom. The Morgan fingerprint density at radius 1 is 1.19 bits per heavy atom. The van der Waals surface area contributed by atoms with Crippen molar-refractivity contribution in [3.63, 3.8) is 0 Å². The number of fused-ring (bicyclic) bond motifs is 1. The Hall–Kier alpha value is -3.78. The molecule has 4 rings (SSSR count). The van der Waals surface area contributed by atoms with Gasteiger partial charge in [0.1, 0.15) is 11.6 Å². The molecule has 2 heterocycles. The predicted octanol–water partition coefficient (Wildman–Crippen LogP) is 3.29. The standard InChI is InChI=1S/C23H23FN6O/c1-2-15-13-28-23(29-22(15)27-12-14-5-3-6-16(24)9-14)30-17(11-25)10-19-18(21(26)31)7-4-8-20(19)30/h3-10,13H,2,11-12,25H2,1H3,(H2,26,31)(H,27,28,29). The van der Waals surface area contributed by atoms with Crippen molar-refractivity contribution in [2.45, 2.75) is 26.4 Å². The van der Waals surface area contributed by atoms with Gasteiger partial charge in [-0.25, -0.2) is 9.37 Å². The van der Waals surface area contributed by atoms with Crippen LogP contribution in [0, 0.1) is 5.82 Å². The normalized spacial score (nSPS) is 11.1. The molecule has 0 aliphatic rings. The van der Waals surface area contributed by atoms with Gasteiger partial charge >= 0.3 is 0 Å². The van der Waals surface area contributed by atoms with Gasteiger partial charge in [-0.15, -0.1) is 0 Å². The van der Waals surface area contributed by atoms with Crippen LogP contribution >= 0.6 is 0 Å². The van der Waals surface area contributed by atoms with E-state index in [4.69, 9.17) is 16.5 Å². The number of rotatable bonds is 7. The van der Waals surface area contributed by atoms with Crippen LogP contribution in [0.1, 0.15) is 34.1 Å². The Balaban J connectivity index is 1.78. The fourth-order valence-electron chi connectivity index (χ4n) is 3.64. The summed E-state index contributed by atoms with van der Waals surface area (Å²) < 4.78 is 15.3. The van der Waals surface area contributed by atoms with Gasteiger partial charge in [-0.2, -0.15) is 4.98 Å². The molecule has 7 nitrogen and oxygen atoms in total. The molecule has 2 aromatic heterocycles. The minimum Gasteiger partial charge on any atom is -0.366 e. The summed E-state index contributed by atoms with van der Waals surface area (Å²) in [6.07, 6.45) is 2.49. The molecule has 0 unspecified atom stereocenters. The van der Waals surface area contributed by atoms with Gasteiger partial charge in [0.25, 0.3) is 0 Å². The van der Waals surface area contributed by atoms with Crippen molar-refractivity contribution in [2.24, 2.45) is 11.5 Å². The minimum absolute atomic E-state index is 0.234. The third kappa shape index (κ3) is 3.97. The van der Waals surface area contributed by atoms with Crippen LogP contribution in [0.2, 0.25) is 0 Å². The number of amides is 1. The van der Waals surface area contributed by atoms with Crippen molar-refractivity contribution < 1.29 is 9.18 Å². The molecule has 31 heavy (non-hydrogen) atoms. The number of nitrogens with two attached hydrogens (primary N) is 2. The number of hydrogen-bond acceptors (Lipinski definition) is 5. The molecule has 158 valence electrons. The quantitative estimate of drug-likeness (QED) is 0.426. The van der Waals surface area contributed by atoms with E-state index in [1.807, 2.05) is 29.7 Å². The zero-order valence-corrected chi connectivity index (χ0v) is 17.1. The van der Waals surface area contributed by atoms with Crippen LogP contribution < -0.4 is 16.8 Å². The number of carbonyl (C=O) groups excluding carboxylic acids is 1. The number of nitrogens with one attached hydrogen (secondary N) is 1. The van der Waals surface area contributed by atoms with E-state index < -0.39 is 5.91 Å². The average molecular weight is 418 g/mol. The van der Waals surface area contributed by atoms with Gasteiger partial charge in [-0.1, -0.05) is 25.1 Å². The van der Waals surface area contributed by atoms with Crippen LogP contribution in [0.4, 0.5) is 10.2 Å². The third-order valence-corrected chi connectivity index (χ3v) is 5.18. The first-order valence-corrected chi connectivity index (χ1v) is 9.99. The third-order valence-electron chi connectivity index (χ3n) is 5.18. The van der Waals surface area contributed by atoms with E-state index in [0.717, 1.165) is 28.8 Å². The maximum atomic E-state index is 13.5. The van der Waals surface area contributed by atoms with E-state index in [1.165, 1.54) is 12.1 Å². The van der Waals surface area contributed by atoms with Gasteiger partial charge < -0.3 is 16.8 Å². The second-order valence-corrected chi connectivity index (χ2v) is 7.16. The highest BCUT2D eigenvalue weighted by Crippen LogP contribution is 2.27. The van der Waals surface area contributed by atoms with E-state index >= 15 is 0 Å². The summed E-state index contributed by atoms with van der Waals surface area (Å²) in [5.74, 6) is 0.296. The van der Waals surface area contributed by atoms with Crippen molar-refractivity contribution in [1.29, 1.82) is 0 Å². The monoisotopic (exact) mass is 418 g/mol. The van der Waals surface area contributed by atoms with Crippen molar-refractivity contribution in [1.82, 2.24) is 14.5 Å². The van der Waals surface area contributed by atoms with Gasteiger partial charge in [-0.05, 0) is 42.3 Å². The lowest BCUT2D eigenvalue weighted by Crippen LogP contribution is -2.12. The molecule has 0 aliphatic carbocycles. The van der Waals surface area contributed by atoms with Crippen LogP contribution in [0.3, 0.4) is 0 Å². The van der Waals surface area contributed by atoms with E-state index in [0.29, 0.717) is 29.3 Å². The topological polar surface area (TPSA) is 112 Å². The highest BCUT2D eigenvalue weighted by molar-refractivity contribution is 6.06. The van der Waals surface area contributed by atoms with E-state index in [1.54, 1.807) is 24.4 Å². The number of anilines is 1. The fourth-order valence-corrected chi connectivity index (χ4v) is 3.64. The summed E-state index contributed by atoms with van der Waals surface area (Å²) in [6.45, 7) is 2.67. The number of benzene rings is 2. The van der Waals surface area contributed by atoms with Gasteiger partial charge in [0, 0.05) is 41.5 Å². The molecule has 1 amide bonds. The Morgan fingerprint density at radius 2 is 2.00 bits per heavy atom. The van der Waals surface area contributed by atoms with Gasteiger partial charge in [0.15, 0.2) is 0 Å². The number of carbonyl (C=O) groups is 1. The second kappa shape index (κ2) is 8.53. The first kappa shape index (κ1) is 20.5. The lowest BCUT2D eigenvalue weighted by atomic mass is 10.1. The summed E-state index contributed by atoms with van der Waals surface area (Å²) in [4.78, 5) is 21.1. The zero-order valence-electron chi connectivity index (χ0n) is 17.1. The molecule has 4 aromatic rings. The van der Waals surface area contributed by atoms with Crippen LogP contribution in [0.15, 0.2) is 54.7 Å². The maximum Gasteiger partial charge on any atom is 0.249 e. The number of nitrogens with zero attached hydrogens (tertiary/aromatic N) is 3. The summed E-state index contributed by atoms with van der Waals surface area (Å²) in [7, 11) is 0. The van der Waals surface area contributed by atoms with E-state index in [9.17, 15) is 9.18 Å². The number of hydrogen-bond donors (Lipinski definition) is 3.